The molecule has 0 aliphatic rings. The Labute approximate surface area is 129 Å². The highest BCUT2D eigenvalue weighted by atomic mass is 19.4. The second-order valence-corrected chi connectivity index (χ2v) is 4.51. The average molecular weight is 352 g/mol. The molecular formula is C14H4F8N2. The summed E-state index contributed by atoms with van der Waals surface area (Å²) in [7, 11) is 0. The first kappa shape index (κ1) is 17.7. The number of alkyl halides is 3. The van der Waals surface area contributed by atoms with Crippen LogP contribution in [0.1, 0.15) is 11.1 Å². The molecule has 0 saturated heterocycles. The minimum absolute atomic E-state index is 0.175. The van der Waals surface area contributed by atoms with Crippen LogP contribution in [0.4, 0.5) is 35.1 Å². The molecule has 10 heteroatoms. The summed E-state index contributed by atoms with van der Waals surface area (Å²) in [5.41, 5.74) is -4.39. The van der Waals surface area contributed by atoms with E-state index in [9.17, 15) is 35.1 Å². The Morgan fingerprint density at radius 3 is 1.88 bits per heavy atom. The minimum Gasteiger partial charge on any atom is -0.255 e. The molecule has 0 radical (unpaired) electrons. The average Bonchev–Trinajstić information content (AvgIpc) is 2.52. The molecule has 1 aromatic carbocycles. The number of hydrogen-bond donors (Lipinski definition) is 0. The van der Waals surface area contributed by atoms with Crippen molar-refractivity contribution in [1.29, 1.82) is 5.26 Å². The Morgan fingerprint density at radius 2 is 1.42 bits per heavy atom. The summed E-state index contributed by atoms with van der Waals surface area (Å²) in [6.07, 6.45) is -5.48. The highest BCUT2D eigenvalue weighted by molar-refractivity contribution is 5.66. The molecule has 0 fully saturated rings. The Bertz CT molecular complexity index is 822. The van der Waals surface area contributed by atoms with Crippen molar-refractivity contribution in [2.45, 2.75) is 12.6 Å². The molecule has 1 heterocycles. The number of benzene rings is 1. The molecule has 1 aromatic heterocycles. The molecule has 0 aliphatic heterocycles. The van der Waals surface area contributed by atoms with Gasteiger partial charge in [-0.25, -0.2) is 22.0 Å². The molecule has 0 saturated carbocycles. The number of nitriles is 1. The molecule has 0 N–H and O–H groups in total. The van der Waals surface area contributed by atoms with Gasteiger partial charge in [-0.3, -0.25) is 4.98 Å². The van der Waals surface area contributed by atoms with Crippen LogP contribution in [-0.4, -0.2) is 4.98 Å². The summed E-state index contributed by atoms with van der Waals surface area (Å²) < 4.78 is 105. The van der Waals surface area contributed by atoms with Crippen LogP contribution in [0.15, 0.2) is 12.3 Å². The van der Waals surface area contributed by atoms with Gasteiger partial charge in [-0.15, -0.1) is 0 Å². The van der Waals surface area contributed by atoms with Crippen molar-refractivity contribution in [3.63, 3.8) is 0 Å². The van der Waals surface area contributed by atoms with E-state index in [-0.39, 0.29) is 6.20 Å². The van der Waals surface area contributed by atoms with Crippen molar-refractivity contribution >= 4 is 0 Å². The monoisotopic (exact) mass is 352 g/mol. The van der Waals surface area contributed by atoms with Gasteiger partial charge in [0.15, 0.2) is 23.3 Å². The summed E-state index contributed by atoms with van der Waals surface area (Å²) >= 11 is 0. The third-order valence-corrected chi connectivity index (χ3v) is 3.01. The first-order chi connectivity index (χ1) is 11.1. The summed E-state index contributed by atoms with van der Waals surface area (Å²) in [5.74, 6) is -11.5. The summed E-state index contributed by atoms with van der Waals surface area (Å²) in [6.45, 7) is 0. The zero-order chi connectivity index (χ0) is 18.2. The molecule has 2 rings (SSSR count). The maximum absolute atomic E-state index is 13.8. The van der Waals surface area contributed by atoms with Crippen LogP contribution in [0.3, 0.4) is 0 Å². The maximum Gasteiger partial charge on any atom is 0.417 e. The largest absolute Gasteiger partial charge is 0.417 e. The van der Waals surface area contributed by atoms with E-state index in [1.54, 1.807) is 0 Å². The normalized spacial score (nSPS) is 11.5. The third-order valence-electron chi connectivity index (χ3n) is 3.01. The second kappa shape index (κ2) is 6.07. The topological polar surface area (TPSA) is 36.7 Å². The number of rotatable bonds is 2. The third kappa shape index (κ3) is 2.89. The number of nitrogens with zero attached hydrogens (tertiary/aromatic N) is 2. The molecule has 24 heavy (non-hydrogen) atoms. The first-order valence-electron chi connectivity index (χ1n) is 6.04. The second-order valence-electron chi connectivity index (χ2n) is 4.51. The van der Waals surface area contributed by atoms with Crippen molar-refractivity contribution < 1.29 is 35.1 Å². The van der Waals surface area contributed by atoms with Crippen LogP contribution in [0.2, 0.25) is 0 Å². The fourth-order valence-electron chi connectivity index (χ4n) is 1.92. The number of aromatic nitrogens is 1. The maximum atomic E-state index is 13.8. The van der Waals surface area contributed by atoms with E-state index in [2.05, 4.69) is 4.98 Å². The van der Waals surface area contributed by atoms with Crippen molar-refractivity contribution in [3.8, 4) is 17.3 Å². The molecule has 2 aromatic rings. The van der Waals surface area contributed by atoms with Gasteiger partial charge in [-0.2, -0.15) is 18.4 Å². The molecule has 0 aliphatic carbocycles. The predicted molar refractivity (Wildman–Crippen MR) is 63.8 cm³/mol. The smallest absolute Gasteiger partial charge is 0.255 e. The number of halogens is 8. The van der Waals surface area contributed by atoms with Crippen LogP contribution in [-0.2, 0) is 12.6 Å². The van der Waals surface area contributed by atoms with Crippen molar-refractivity contribution in [2.24, 2.45) is 0 Å². The highest BCUT2D eigenvalue weighted by Crippen LogP contribution is 2.35. The molecule has 0 amide bonds. The van der Waals surface area contributed by atoms with E-state index in [1.165, 1.54) is 6.07 Å². The van der Waals surface area contributed by atoms with Gasteiger partial charge in [0.05, 0.1) is 29.3 Å². The first-order valence-corrected chi connectivity index (χ1v) is 6.04. The van der Waals surface area contributed by atoms with Gasteiger partial charge in [0.2, 0.25) is 5.82 Å². The van der Waals surface area contributed by atoms with E-state index in [0.717, 1.165) is 0 Å². The zero-order valence-corrected chi connectivity index (χ0v) is 11.3. The standard InChI is InChI=1S/C14H4F8N2/c15-8-7(9(16)11(18)12(19)10(8)17)13-5(1-2-23)3-6(4-24-13)14(20,21)22/h3-4H,1H2. The van der Waals surface area contributed by atoms with Gasteiger partial charge >= 0.3 is 6.18 Å². The van der Waals surface area contributed by atoms with Gasteiger partial charge in [0, 0.05) is 6.20 Å². The van der Waals surface area contributed by atoms with E-state index in [1.807, 2.05) is 0 Å². The van der Waals surface area contributed by atoms with E-state index in [0.29, 0.717) is 6.07 Å². The van der Waals surface area contributed by atoms with E-state index < -0.39 is 64.1 Å². The van der Waals surface area contributed by atoms with E-state index in [4.69, 9.17) is 5.26 Å². The molecule has 126 valence electrons. The van der Waals surface area contributed by atoms with Crippen LogP contribution in [0, 0.1) is 40.4 Å². The molecule has 0 atom stereocenters. The summed E-state index contributed by atoms with van der Waals surface area (Å²) in [6, 6.07) is 1.80. The van der Waals surface area contributed by atoms with Crippen molar-refractivity contribution in [1.82, 2.24) is 4.98 Å². The van der Waals surface area contributed by atoms with Gasteiger partial charge in [0.25, 0.3) is 0 Å². The Balaban J connectivity index is 2.81. The summed E-state index contributed by atoms with van der Waals surface area (Å²) in [5, 5.41) is 8.62. The lowest BCUT2D eigenvalue weighted by Crippen LogP contribution is -2.10. The van der Waals surface area contributed by atoms with Gasteiger partial charge in [0.1, 0.15) is 0 Å². The zero-order valence-electron chi connectivity index (χ0n) is 11.3. The Hall–Kier alpha value is -2.70. The molecule has 0 unspecified atom stereocenters. The lowest BCUT2D eigenvalue weighted by molar-refractivity contribution is -0.137. The Morgan fingerprint density at radius 1 is 0.917 bits per heavy atom. The molecular weight excluding hydrogens is 348 g/mol. The van der Waals surface area contributed by atoms with Gasteiger partial charge < -0.3 is 0 Å². The molecule has 0 bridgehead atoms. The fourth-order valence-corrected chi connectivity index (χ4v) is 1.92. The van der Waals surface area contributed by atoms with Crippen molar-refractivity contribution in [3.05, 3.63) is 52.5 Å². The lowest BCUT2D eigenvalue weighted by Gasteiger charge is -2.13. The van der Waals surface area contributed by atoms with Gasteiger partial charge in [-0.1, -0.05) is 0 Å². The van der Waals surface area contributed by atoms with Gasteiger partial charge in [-0.05, 0) is 11.6 Å². The highest BCUT2D eigenvalue weighted by Gasteiger charge is 2.33. The van der Waals surface area contributed by atoms with Crippen LogP contribution in [0.5, 0.6) is 0 Å². The fraction of sp³-hybridized carbons (Fsp3) is 0.143. The molecule has 0 spiro atoms. The summed E-state index contributed by atoms with van der Waals surface area (Å²) in [4.78, 5) is 3.16. The van der Waals surface area contributed by atoms with Crippen LogP contribution in [0.25, 0.3) is 11.3 Å². The van der Waals surface area contributed by atoms with Crippen LogP contribution < -0.4 is 0 Å². The van der Waals surface area contributed by atoms with E-state index >= 15 is 0 Å². The van der Waals surface area contributed by atoms with Crippen molar-refractivity contribution in [2.75, 3.05) is 0 Å². The number of pyridine rings is 1. The lowest BCUT2D eigenvalue weighted by atomic mass is 10.0. The SMILES string of the molecule is N#CCc1cc(C(F)(F)F)cnc1-c1c(F)c(F)c(F)c(F)c1F. The number of hydrogen-bond acceptors (Lipinski definition) is 2. The quantitative estimate of drug-likeness (QED) is 0.452. The molecule has 2 nitrogen and oxygen atoms in total. The Kier molecular flexibility index (Phi) is 4.46. The predicted octanol–water partition coefficient (Wildman–Crippen LogP) is 4.53. The van der Waals surface area contributed by atoms with Crippen LogP contribution >= 0.6 is 0 Å². The minimum atomic E-state index is -4.87.